The van der Waals surface area contributed by atoms with Gasteiger partial charge in [0.05, 0.1) is 0 Å². The van der Waals surface area contributed by atoms with Gasteiger partial charge in [-0.1, -0.05) is 0 Å². The minimum atomic E-state index is -7.83. The third-order valence-corrected chi connectivity index (χ3v) is 1.85. The Kier molecular flexibility index (Phi) is 5.51. The van der Waals surface area contributed by atoms with Gasteiger partial charge < -0.3 is 0 Å². The van der Waals surface area contributed by atoms with Crippen molar-refractivity contribution in [2.45, 2.75) is 36.5 Å². The molecule has 0 aliphatic rings. The summed E-state index contributed by atoms with van der Waals surface area (Å²) >= 11 is 0. The van der Waals surface area contributed by atoms with Crippen molar-refractivity contribution in [2.24, 2.45) is 0 Å². The van der Waals surface area contributed by atoms with E-state index in [1.165, 1.54) is 9.47 Å². The molecule has 0 spiro atoms. The van der Waals surface area contributed by atoms with Gasteiger partial charge in [-0.2, -0.15) is 48.3 Å². The maximum Gasteiger partial charge on any atom is 0.527 e. The number of rotatable bonds is 7. The molecule has 0 aromatic carbocycles. The predicted octanol–water partition coefficient (Wildman–Crippen LogP) is 4.08. The van der Waals surface area contributed by atoms with Crippen molar-refractivity contribution in [1.29, 1.82) is 0 Å². The van der Waals surface area contributed by atoms with Gasteiger partial charge in [-0.3, -0.25) is 4.79 Å². The van der Waals surface area contributed by atoms with Crippen LogP contribution in [0.1, 0.15) is 0 Å². The molecule has 3 nitrogen and oxygen atoms in total. The summed E-state index contributed by atoms with van der Waals surface area (Å²) in [6.45, 7) is 0. The van der Waals surface area contributed by atoms with E-state index in [9.17, 15) is 66.3 Å². The molecule has 0 aromatic rings. The van der Waals surface area contributed by atoms with E-state index in [1.807, 2.05) is 0 Å². The van der Waals surface area contributed by atoms with Gasteiger partial charge in [-0.15, -0.1) is 13.2 Å². The molecule has 0 N–H and O–H groups in total. The number of alkyl halides is 13. The largest absolute Gasteiger partial charge is 0.527 e. The van der Waals surface area contributed by atoms with E-state index in [0.717, 1.165) is 0 Å². The summed E-state index contributed by atoms with van der Waals surface area (Å²) < 4.78 is 174. The fourth-order valence-electron chi connectivity index (χ4n) is 0.840. The average molecular weight is 398 g/mol. The van der Waals surface area contributed by atoms with Crippen LogP contribution in [0.25, 0.3) is 0 Å². The van der Waals surface area contributed by atoms with E-state index in [1.54, 1.807) is 0 Å². The molecule has 24 heavy (non-hydrogen) atoms. The smallest absolute Gasteiger partial charge is 0.251 e. The van der Waals surface area contributed by atoms with Gasteiger partial charge in [0.2, 0.25) is 0 Å². The van der Waals surface area contributed by atoms with Gasteiger partial charge >= 0.3 is 42.6 Å². The van der Waals surface area contributed by atoms with Gasteiger partial charge in [-0.05, 0) is 0 Å². The van der Waals surface area contributed by atoms with Crippen molar-refractivity contribution >= 4 is 6.04 Å². The van der Waals surface area contributed by atoms with Crippen LogP contribution in [0, 0.1) is 0 Å². The second-order valence-electron chi connectivity index (χ2n) is 3.62. The Labute approximate surface area is 120 Å². The number of carbonyl (C=O) groups is 1. The van der Waals surface area contributed by atoms with Crippen LogP contribution >= 0.6 is 0 Å². The molecule has 0 amide bonds. The Hall–Kier alpha value is -1.39. The fraction of sp³-hybridized carbons (Fsp3) is 0.857. The number of hydrogen-bond donors (Lipinski definition) is 0. The molecular formula is C7F14O3. The zero-order chi connectivity index (χ0) is 20.0. The van der Waals surface area contributed by atoms with Crippen LogP contribution in [0.3, 0.4) is 0 Å². The minimum Gasteiger partial charge on any atom is -0.251 e. The molecule has 0 heterocycles. The minimum absolute atomic E-state index is 1.27. The lowest BCUT2D eigenvalue weighted by Crippen LogP contribution is -2.65. The number of hydrogen-bond acceptors (Lipinski definition) is 3. The molecule has 0 radical (unpaired) electrons. The van der Waals surface area contributed by atoms with Gasteiger partial charge in [0, 0.05) is 0 Å². The lowest BCUT2D eigenvalue weighted by molar-refractivity contribution is -0.519. The summed E-state index contributed by atoms with van der Waals surface area (Å²) in [5.41, 5.74) is 0. The first kappa shape index (κ1) is 22.6. The van der Waals surface area contributed by atoms with Crippen LogP contribution in [0.4, 0.5) is 61.5 Å². The second-order valence-corrected chi connectivity index (χ2v) is 3.62. The molecule has 17 heteroatoms. The quantitative estimate of drug-likeness (QED) is 0.479. The fourth-order valence-corrected chi connectivity index (χ4v) is 0.840. The van der Waals surface area contributed by atoms with E-state index in [-0.39, 0.29) is 0 Å². The summed E-state index contributed by atoms with van der Waals surface area (Å²) in [6.07, 6.45) is -28.1. The lowest BCUT2D eigenvalue weighted by atomic mass is 10.1. The normalized spacial score (nSPS) is 15.6. The van der Waals surface area contributed by atoms with Crippen molar-refractivity contribution in [3.63, 3.8) is 0 Å². The first-order chi connectivity index (χ1) is 10.1. The van der Waals surface area contributed by atoms with Gasteiger partial charge in [0.15, 0.2) is 0 Å². The molecule has 0 bridgehead atoms. The highest BCUT2D eigenvalue weighted by molar-refractivity contribution is 5.74. The molecule has 0 aromatic heterocycles. The first-order valence-electron chi connectivity index (χ1n) is 4.67. The Morgan fingerprint density at radius 2 is 0.875 bits per heavy atom. The molecule has 144 valence electrons. The maximum atomic E-state index is 12.7. The average Bonchev–Trinajstić information content (AvgIpc) is 2.22. The molecule has 0 saturated carbocycles. The van der Waals surface area contributed by atoms with Crippen molar-refractivity contribution < 1.29 is 75.7 Å². The van der Waals surface area contributed by atoms with Crippen molar-refractivity contribution in [2.75, 3.05) is 0 Å². The number of carbonyl (C=O) groups excluding carboxylic acids is 1. The van der Waals surface area contributed by atoms with Crippen LogP contribution in [-0.4, -0.2) is 42.6 Å². The predicted molar refractivity (Wildman–Crippen MR) is 39.1 cm³/mol. The van der Waals surface area contributed by atoms with Gasteiger partial charge in [0.1, 0.15) is 0 Å². The van der Waals surface area contributed by atoms with E-state index in [0.29, 0.717) is 0 Å². The monoisotopic (exact) mass is 398 g/mol. The molecule has 0 aliphatic heterocycles. The summed E-state index contributed by atoms with van der Waals surface area (Å²) in [6, 6.07) is -4.22. The summed E-state index contributed by atoms with van der Waals surface area (Å²) in [7, 11) is 0. The summed E-state index contributed by atoms with van der Waals surface area (Å²) in [5.74, 6) is -15.6. The van der Waals surface area contributed by atoms with Crippen LogP contribution in [0.2, 0.25) is 0 Å². The van der Waals surface area contributed by atoms with Crippen molar-refractivity contribution in [1.82, 2.24) is 0 Å². The topological polar surface area (TPSA) is 35.5 Å². The van der Waals surface area contributed by atoms with Crippen molar-refractivity contribution in [3.05, 3.63) is 0 Å². The third kappa shape index (κ3) is 4.17. The van der Waals surface area contributed by atoms with Gasteiger partial charge in [0.25, 0.3) is 0 Å². The highest BCUT2D eigenvalue weighted by atomic mass is 19.4. The van der Waals surface area contributed by atoms with Crippen LogP contribution in [0.5, 0.6) is 0 Å². The third-order valence-electron chi connectivity index (χ3n) is 1.85. The Bertz CT molecular complexity index is 479. The zero-order valence-corrected chi connectivity index (χ0v) is 10.0. The van der Waals surface area contributed by atoms with Crippen LogP contribution < -0.4 is 0 Å². The van der Waals surface area contributed by atoms with Gasteiger partial charge in [-0.25, -0.2) is 9.47 Å². The Morgan fingerprint density at radius 3 is 1.12 bits per heavy atom. The summed E-state index contributed by atoms with van der Waals surface area (Å²) in [5, 5.41) is 0. The highest BCUT2D eigenvalue weighted by Crippen LogP contribution is 2.55. The van der Waals surface area contributed by atoms with Crippen LogP contribution in [0.15, 0.2) is 0 Å². The highest BCUT2D eigenvalue weighted by Gasteiger charge is 2.85. The molecule has 0 rings (SSSR count). The number of halogens is 14. The second kappa shape index (κ2) is 5.85. The maximum absolute atomic E-state index is 12.7. The number of ether oxygens (including phenoxy) is 2. The first-order valence-corrected chi connectivity index (χ1v) is 4.67. The molecule has 0 aliphatic carbocycles. The molecule has 0 saturated heterocycles. The van der Waals surface area contributed by atoms with E-state index in [2.05, 4.69) is 0 Å². The van der Waals surface area contributed by atoms with Crippen molar-refractivity contribution in [3.8, 4) is 0 Å². The summed E-state index contributed by atoms with van der Waals surface area (Å²) in [4.78, 5) is 9.48. The Morgan fingerprint density at radius 1 is 0.583 bits per heavy atom. The molecular weight excluding hydrogens is 398 g/mol. The standard InChI is InChI=1S/C7F14O3/c8-1(22)2(9,10)23-5(15,16)3(11,12)4(13,14)6(17,18)24-7(19,20)21. The zero-order valence-electron chi connectivity index (χ0n) is 10.0. The molecule has 0 fully saturated rings. The molecule has 0 atom stereocenters. The lowest BCUT2D eigenvalue weighted by Gasteiger charge is -2.36. The van der Waals surface area contributed by atoms with E-state index < -0.39 is 42.6 Å². The van der Waals surface area contributed by atoms with Crippen LogP contribution in [-0.2, 0) is 14.3 Å². The SMILES string of the molecule is O=C(F)C(F)(F)OC(F)(F)C(F)(F)C(F)(F)C(F)(F)OC(F)(F)F. The van der Waals surface area contributed by atoms with E-state index >= 15 is 0 Å². The van der Waals surface area contributed by atoms with E-state index in [4.69, 9.17) is 0 Å². The Balaban J connectivity index is 5.87. The molecule has 0 unspecified atom stereocenters.